The van der Waals surface area contributed by atoms with Crippen LogP contribution in [-0.2, 0) is 6.54 Å². The Kier molecular flexibility index (Phi) is 5.29. The van der Waals surface area contributed by atoms with Crippen molar-refractivity contribution in [2.75, 3.05) is 6.54 Å². The standard InChI is InChI=1S/C25H26N2O3/c1-4-13-26-24(29)21-12-9-19(14-22(21)25(26)30)23(28)27(20-10-11-20)15-17-5-7-18(8-6-17)16(2)3/h4-9,12,14,16,20H,1,10-11,13,15H2,2-3H3. The van der Waals surface area contributed by atoms with Gasteiger partial charge in [-0.1, -0.05) is 44.2 Å². The van der Waals surface area contributed by atoms with Crippen molar-refractivity contribution in [3.8, 4) is 0 Å². The number of nitrogens with zero attached hydrogens (tertiary/aromatic N) is 2. The van der Waals surface area contributed by atoms with Crippen LogP contribution in [-0.4, -0.2) is 40.1 Å². The van der Waals surface area contributed by atoms with Crippen molar-refractivity contribution in [1.82, 2.24) is 9.80 Å². The van der Waals surface area contributed by atoms with E-state index < -0.39 is 0 Å². The number of benzene rings is 2. The first-order valence-corrected chi connectivity index (χ1v) is 10.4. The van der Waals surface area contributed by atoms with Crippen LogP contribution < -0.4 is 0 Å². The molecule has 1 aliphatic heterocycles. The number of fused-ring (bicyclic) bond motifs is 1. The molecule has 1 fully saturated rings. The highest BCUT2D eigenvalue weighted by Gasteiger charge is 2.37. The van der Waals surface area contributed by atoms with Crippen LogP contribution in [0, 0.1) is 0 Å². The molecule has 5 nitrogen and oxygen atoms in total. The van der Waals surface area contributed by atoms with Crippen LogP contribution in [0.4, 0.5) is 0 Å². The summed E-state index contributed by atoms with van der Waals surface area (Å²) in [6, 6.07) is 13.4. The maximum absolute atomic E-state index is 13.3. The topological polar surface area (TPSA) is 57.7 Å². The van der Waals surface area contributed by atoms with Gasteiger partial charge in [0.2, 0.25) is 0 Å². The molecule has 1 saturated carbocycles. The third-order valence-corrected chi connectivity index (χ3v) is 5.78. The molecule has 2 aromatic rings. The first-order valence-electron chi connectivity index (χ1n) is 10.4. The molecule has 0 radical (unpaired) electrons. The van der Waals surface area contributed by atoms with Crippen molar-refractivity contribution in [2.24, 2.45) is 0 Å². The first-order chi connectivity index (χ1) is 14.4. The van der Waals surface area contributed by atoms with Gasteiger partial charge in [-0.2, -0.15) is 0 Å². The van der Waals surface area contributed by atoms with Crippen molar-refractivity contribution in [2.45, 2.75) is 45.2 Å². The lowest BCUT2D eigenvalue weighted by Crippen LogP contribution is -2.32. The van der Waals surface area contributed by atoms with Gasteiger partial charge in [-0.3, -0.25) is 19.3 Å². The van der Waals surface area contributed by atoms with Crippen LogP contribution in [0.3, 0.4) is 0 Å². The summed E-state index contributed by atoms with van der Waals surface area (Å²) in [5, 5.41) is 0. The highest BCUT2D eigenvalue weighted by atomic mass is 16.2. The Morgan fingerprint density at radius 2 is 1.77 bits per heavy atom. The number of carbonyl (C=O) groups excluding carboxylic acids is 3. The van der Waals surface area contributed by atoms with E-state index >= 15 is 0 Å². The number of hydrogen-bond acceptors (Lipinski definition) is 3. The fourth-order valence-electron chi connectivity index (χ4n) is 3.84. The van der Waals surface area contributed by atoms with E-state index in [1.165, 1.54) is 11.6 Å². The summed E-state index contributed by atoms with van der Waals surface area (Å²) in [7, 11) is 0. The smallest absolute Gasteiger partial charge is 0.261 e. The number of rotatable bonds is 7. The van der Waals surface area contributed by atoms with E-state index in [0.29, 0.717) is 29.2 Å². The molecule has 0 aromatic heterocycles. The van der Waals surface area contributed by atoms with Gasteiger partial charge in [-0.25, -0.2) is 0 Å². The normalized spacial score (nSPS) is 15.5. The first kappa shape index (κ1) is 20.1. The summed E-state index contributed by atoms with van der Waals surface area (Å²) in [5.74, 6) is -0.340. The Labute approximate surface area is 177 Å². The van der Waals surface area contributed by atoms with Gasteiger partial charge in [-0.05, 0) is 48.1 Å². The highest BCUT2D eigenvalue weighted by Crippen LogP contribution is 2.31. The number of carbonyl (C=O) groups is 3. The monoisotopic (exact) mass is 402 g/mol. The Bertz CT molecular complexity index is 1020. The molecule has 4 rings (SSSR count). The lowest BCUT2D eigenvalue weighted by molar-refractivity contribution is 0.0671. The second-order valence-electron chi connectivity index (χ2n) is 8.33. The van der Waals surface area contributed by atoms with Crippen LogP contribution >= 0.6 is 0 Å². The zero-order chi connectivity index (χ0) is 21.4. The molecule has 0 saturated heterocycles. The van der Waals surface area contributed by atoms with E-state index in [0.717, 1.165) is 23.3 Å². The minimum atomic E-state index is -0.369. The number of imide groups is 1. The summed E-state index contributed by atoms with van der Waals surface area (Å²) in [4.78, 5) is 41.3. The van der Waals surface area contributed by atoms with Gasteiger partial charge < -0.3 is 4.90 Å². The average Bonchev–Trinajstić information content (AvgIpc) is 3.56. The molecular formula is C25H26N2O3. The molecule has 30 heavy (non-hydrogen) atoms. The fourth-order valence-corrected chi connectivity index (χ4v) is 3.84. The lowest BCUT2D eigenvalue weighted by atomic mass is 10.0. The second-order valence-corrected chi connectivity index (χ2v) is 8.33. The molecule has 2 aliphatic rings. The van der Waals surface area contributed by atoms with E-state index in [1.807, 2.05) is 4.90 Å². The molecule has 5 heteroatoms. The predicted octanol–water partition coefficient (Wildman–Crippen LogP) is 4.40. The molecule has 0 N–H and O–H groups in total. The predicted molar refractivity (Wildman–Crippen MR) is 115 cm³/mol. The summed E-state index contributed by atoms with van der Waals surface area (Å²) in [6.45, 7) is 8.61. The molecule has 1 heterocycles. The van der Waals surface area contributed by atoms with Crippen molar-refractivity contribution in [1.29, 1.82) is 0 Å². The van der Waals surface area contributed by atoms with Gasteiger partial charge in [0, 0.05) is 24.7 Å². The van der Waals surface area contributed by atoms with Crippen LogP contribution in [0.5, 0.6) is 0 Å². The number of hydrogen-bond donors (Lipinski definition) is 0. The maximum Gasteiger partial charge on any atom is 0.261 e. The molecule has 0 unspecified atom stereocenters. The minimum Gasteiger partial charge on any atom is -0.331 e. The largest absolute Gasteiger partial charge is 0.331 e. The van der Waals surface area contributed by atoms with E-state index in [9.17, 15) is 14.4 Å². The lowest BCUT2D eigenvalue weighted by Gasteiger charge is -2.23. The Balaban J connectivity index is 1.57. The Hall–Kier alpha value is -3.21. The molecule has 0 atom stereocenters. The Morgan fingerprint density at radius 3 is 2.37 bits per heavy atom. The van der Waals surface area contributed by atoms with Gasteiger partial charge in [0.15, 0.2) is 0 Å². The maximum atomic E-state index is 13.3. The summed E-state index contributed by atoms with van der Waals surface area (Å²) >= 11 is 0. The molecule has 2 aromatic carbocycles. The van der Waals surface area contributed by atoms with Crippen LogP contribution in [0.2, 0.25) is 0 Å². The quantitative estimate of drug-likeness (QED) is 0.510. The summed E-state index contributed by atoms with van der Waals surface area (Å²) in [5.41, 5.74) is 3.45. The molecule has 0 spiro atoms. The molecular weight excluding hydrogens is 376 g/mol. The third-order valence-electron chi connectivity index (χ3n) is 5.78. The van der Waals surface area contributed by atoms with Crippen molar-refractivity contribution < 1.29 is 14.4 Å². The van der Waals surface area contributed by atoms with Gasteiger partial charge in [0.25, 0.3) is 17.7 Å². The highest BCUT2D eigenvalue weighted by molar-refractivity contribution is 6.22. The summed E-state index contributed by atoms with van der Waals surface area (Å²) < 4.78 is 0. The van der Waals surface area contributed by atoms with Gasteiger partial charge in [0.1, 0.15) is 0 Å². The third kappa shape index (κ3) is 3.67. The zero-order valence-electron chi connectivity index (χ0n) is 17.4. The van der Waals surface area contributed by atoms with Crippen LogP contribution in [0.1, 0.15) is 74.8 Å². The SMILES string of the molecule is C=CCN1C(=O)c2ccc(C(=O)N(Cc3ccc(C(C)C)cc3)C3CC3)cc2C1=O. The zero-order valence-corrected chi connectivity index (χ0v) is 17.4. The van der Waals surface area contributed by atoms with E-state index in [-0.39, 0.29) is 30.3 Å². The van der Waals surface area contributed by atoms with Gasteiger partial charge >= 0.3 is 0 Å². The van der Waals surface area contributed by atoms with E-state index in [2.05, 4.69) is 44.7 Å². The van der Waals surface area contributed by atoms with Crippen LogP contribution in [0.25, 0.3) is 0 Å². The minimum absolute atomic E-state index is 0.101. The van der Waals surface area contributed by atoms with E-state index in [4.69, 9.17) is 0 Å². The van der Waals surface area contributed by atoms with Crippen molar-refractivity contribution >= 4 is 17.7 Å². The van der Waals surface area contributed by atoms with Gasteiger partial charge in [-0.15, -0.1) is 6.58 Å². The molecule has 3 amide bonds. The van der Waals surface area contributed by atoms with Crippen molar-refractivity contribution in [3.05, 3.63) is 82.9 Å². The molecule has 0 bridgehead atoms. The van der Waals surface area contributed by atoms with Crippen molar-refractivity contribution in [3.63, 3.8) is 0 Å². The van der Waals surface area contributed by atoms with E-state index in [1.54, 1.807) is 18.2 Å². The van der Waals surface area contributed by atoms with Crippen LogP contribution in [0.15, 0.2) is 55.1 Å². The molecule has 1 aliphatic carbocycles. The average molecular weight is 402 g/mol. The number of amides is 3. The second kappa shape index (κ2) is 7.90. The molecule has 154 valence electrons. The van der Waals surface area contributed by atoms with Gasteiger partial charge in [0.05, 0.1) is 11.1 Å². The fraction of sp³-hybridized carbons (Fsp3) is 0.320. The summed E-state index contributed by atoms with van der Waals surface area (Å²) in [6.07, 6.45) is 3.50. The Morgan fingerprint density at radius 1 is 1.10 bits per heavy atom.